The minimum absolute atomic E-state index is 0.0677. The Morgan fingerprint density at radius 2 is 1.71 bits per heavy atom. The Morgan fingerprint density at radius 1 is 1.03 bits per heavy atom. The molecule has 1 saturated heterocycles. The molecule has 3 aromatic carbocycles. The number of hydrogen-bond acceptors (Lipinski definition) is 5. The highest BCUT2D eigenvalue weighted by Gasteiger charge is 2.34. The lowest BCUT2D eigenvalue weighted by Crippen LogP contribution is -2.41. The molecule has 4 rings (SSSR count). The average molecular weight is 519 g/mol. The molecule has 0 radical (unpaired) electrons. The van der Waals surface area contributed by atoms with Gasteiger partial charge in [-0.15, -0.1) is 0 Å². The van der Waals surface area contributed by atoms with Crippen molar-refractivity contribution in [1.29, 1.82) is 0 Å². The SMILES string of the molecule is COc1ccc(F)cc1S(=O)(=O)N1CCC(C(=O)Nc2cc(Cl)ccc2Oc2ccccc2)CC1. The fraction of sp³-hybridized carbons (Fsp3) is 0.240. The van der Waals surface area contributed by atoms with Crippen LogP contribution in [0.2, 0.25) is 5.02 Å². The number of halogens is 2. The third-order valence-electron chi connectivity index (χ3n) is 5.74. The van der Waals surface area contributed by atoms with Crippen LogP contribution in [-0.2, 0) is 14.8 Å². The molecule has 3 aromatic rings. The van der Waals surface area contributed by atoms with Crippen molar-refractivity contribution >= 4 is 33.2 Å². The molecule has 10 heteroatoms. The van der Waals surface area contributed by atoms with Crippen LogP contribution in [0.3, 0.4) is 0 Å². The number of para-hydroxylation sites is 1. The first-order valence-electron chi connectivity index (χ1n) is 10.9. The van der Waals surface area contributed by atoms with Gasteiger partial charge in [0.15, 0.2) is 5.75 Å². The fourth-order valence-electron chi connectivity index (χ4n) is 3.89. The maximum absolute atomic E-state index is 13.7. The number of amides is 1. The first-order valence-corrected chi connectivity index (χ1v) is 12.8. The van der Waals surface area contributed by atoms with Crippen LogP contribution in [0.25, 0.3) is 0 Å². The van der Waals surface area contributed by atoms with Crippen LogP contribution < -0.4 is 14.8 Å². The highest BCUT2D eigenvalue weighted by Crippen LogP contribution is 2.34. The van der Waals surface area contributed by atoms with E-state index >= 15 is 0 Å². The number of piperidine rings is 1. The van der Waals surface area contributed by atoms with Gasteiger partial charge in [0.05, 0.1) is 12.8 Å². The Balaban J connectivity index is 1.44. The summed E-state index contributed by atoms with van der Waals surface area (Å²) in [5, 5.41) is 3.30. The van der Waals surface area contributed by atoms with Crippen molar-refractivity contribution in [2.45, 2.75) is 17.7 Å². The molecule has 1 aliphatic rings. The molecule has 0 aromatic heterocycles. The summed E-state index contributed by atoms with van der Waals surface area (Å²) in [6, 6.07) is 17.4. The van der Waals surface area contributed by atoms with Gasteiger partial charge >= 0.3 is 0 Å². The van der Waals surface area contributed by atoms with Crippen molar-refractivity contribution in [3.8, 4) is 17.2 Å². The number of methoxy groups -OCH3 is 1. The van der Waals surface area contributed by atoms with Crippen molar-refractivity contribution in [3.05, 3.63) is 77.6 Å². The number of carbonyl (C=O) groups is 1. The lowest BCUT2D eigenvalue weighted by atomic mass is 9.97. The van der Waals surface area contributed by atoms with Gasteiger partial charge in [0.25, 0.3) is 0 Å². The average Bonchev–Trinajstić information content (AvgIpc) is 2.86. The molecule has 1 fully saturated rings. The smallest absolute Gasteiger partial charge is 0.246 e. The Hall–Kier alpha value is -3.14. The second-order valence-electron chi connectivity index (χ2n) is 8.02. The molecular formula is C25H24ClFN2O5S. The molecule has 184 valence electrons. The summed E-state index contributed by atoms with van der Waals surface area (Å²) < 4.78 is 52.2. The lowest BCUT2D eigenvalue weighted by Gasteiger charge is -2.31. The van der Waals surface area contributed by atoms with E-state index in [1.54, 1.807) is 30.3 Å². The van der Waals surface area contributed by atoms with Crippen LogP contribution in [0.5, 0.6) is 17.2 Å². The highest BCUT2D eigenvalue weighted by atomic mass is 35.5. The van der Waals surface area contributed by atoms with E-state index in [0.29, 0.717) is 35.1 Å². The summed E-state index contributed by atoms with van der Waals surface area (Å²) in [4.78, 5) is 12.8. The van der Waals surface area contributed by atoms with Crippen LogP contribution >= 0.6 is 11.6 Å². The summed E-state index contributed by atoms with van der Waals surface area (Å²) in [7, 11) is -2.66. The maximum Gasteiger partial charge on any atom is 0.246 e. The third kappa shape index (κ3) is 5.75. The number of nitrogens with zero attached hydrogens (tertiary/aromatic N) is 1. The van der Waals surface area contributed by atoms with Gasteiger partial charge < -0.3 is 14.8 Å². The Labute approximate surface area is 208 Å². The standard InChI is InChI=1S/C25H24ClFN2O5S/c1-33-23-10-8-19(27)16-24(23)35(31,32)29-13-11-17(12-14-29)25(30)28-21-15-18(26)7-9-22(21)34-20-5-3-2-4-6-20/h2-10,15-17H,11-14H2,1H3,(H,28,30). The van der Waals surface area contributed by atoms with Gasteiger partial charge in [-0.25, -0.2) is 12.8 Å². The van der Waals surface area contributed by atoms with E-state index in [1.165, 1.54) is 17.5 Å². The van der Waals surface area contributed by atoms with Crippen molar-refractivity contribution in [2.24, 2.45) is 5.92 Å². The molecule has 1 heterocycles. The number of nitrogens with one attached hydrogen (secondary N) is 1. The normalized spacial score (nSPS) is 14.9. The van der Waals surface area contributed by atoms with Gasteiger partial charge in [0.2, 0.25) is 15.9 Å². The number of benzene rings is 3. The maximum atomic E-state index is 13.7. The molecular weight excluding hydrogens is 495 g/mol. The van der Waals surface area contributed by atoms with Gasteiger partial charge in [-0.1, -0.05) is 29.8 Å². The van der Waals surface area contributed by atoms with Crippen molar-refractivity contribution in [1.82, 2.24) is 4.31 Å². The molecule has 1 aliphatic heterocycles. The summed E-state index contributed by atoms with van der Waals surface area (Å²) in [5.41, 5.74) is 0.422. The van der Waals surface area contributed by atoms with Crippen molar-refractivity contribution in [2.75, 3.05) is 25.5 Å². The van der Waals surface area contributed by atoms with Crippen LogP contribution in [0.15, 0.2) is 71.6 Å². The first kappa shape index (κ1) is 25.0. The van der Waals surface area contributed by atoms with E-state index in [0.717, 1.165) is 12.1 Å². The fourth-order valence-corrected chi connectivity index (χ4v) is 5.70. The van der Waals surface area contributed by atoms with E-state index in [4.69, 9.17) is 21.1 Å². The molecule has 0 aliphatic carbocycles. The predicted octanol–water partition coefficient (Wildman–Crippen LogP) is 5.32. The number of anilines is 1. The summed E-state index contributed by atoms with van der Waals surface area (Å²) >= 11 is 6.14. The second-order valence-corrected chi connectivity index (χ2v) is 10.4. The van der Waals surface area contributed by atoms with Crippen molar-refractivity contribution < 1.29 is 27.1 Å². The topological polar surface area (TPSA) is 84.9 Å². The molecule has 1 N–H and O–H groups in total. The number of rotatable bonds is 7. The number of hydrogen-bond donors (Lipinski definition) is 1. The zero-order chi connectivity index (χ0) is 25.0. The zero-order valence-corrected chi connectivity index (χ0v) is 20.5. The Morgan fingerprint density at radius 3 is 2.40 bits per heavy atom. The Bertz CT molecular complexity index is 1310. The number of sulfonamides is 1. The molecule has 0 saturated carbocycles. The molecule has 35 heavy (non-hydrogen) atoms. The summed E-state index contributed by atoms with van der Waals surface area (Å²) in [5.74, 6) is -0.236. The van der Waals surface area contributed by atoms with Crippen LogP contribution in [0.1, 0.15) is 12.8 Å². The molecule has 7 nitrogen and oxygen atoms in total. The molecule has 0 unspecified atom stereocenters. The van der Waals surface area contributed by atoms with Crippen LogP contribution in [0, 0.1) is 11.7 Å². The zero-order valence-electron chi connectivity index (χ0n) is 18.9. The molecule has 0 bridgehead atoms. The van der Waals surface area contributed by atoms with Gasteiger partial charge in [-0.3, -0.25) is 4.79 Å². The summed E-state index contributed by atoms with van der Waals surface area (Å²) in [6.45, 7) is 0.228. The first-order chi connectivity index (χ1) is 16.8. The monoisotopic (exact) mass is 518 g/mol. The quantitative estimate of drug-likeness (QED) is 0.457. The minimum Gasteiger partial charge on any atom is -0.495 e. The van der Waals surface area contributed by atoms with Crippen molar-refractivity contribution in [3.63, 3.8) is 0 Å². The Kier molecular flexibility index (Phi) is 7.59. The largest absolute Gasteiger partial charge is 0.495 e. The van der Waals surface area contributed by atoms with Crippen LogP contribution in [0.4, 0.5) is 10.1 Å². The molecule has 0 spiro atoms. The van der Waals surface area contributed by atoms with Gasteiger partial charge in [-0.2, -0.15) is 4.31 Å². The van der Waals surface area contributed by atoms with Gasteiger partial charge in [0, 0.05) is 24.0 Å². The lowest BCUT2D eigenvalue weighted by molar-refractivity contribution is -0.120. The van der Waals surface area contributed by atoms with Gasteiger partial charge in [-0.05, 0) is 61.4 Å². The van der Waals surface area contributed by atoms with Crippen LogP contribution in [-0.4, -0.2) is 38.8 Å². The summed E-state index contributed by atoms with van der Waals surface area (Å²) in [6.07, 6.45) is 0.607. The van der Waals surface area contributed by atoms with E-state index in [1.807, 2.05) is 18.2 Å². The van der Waals surface area contributed by atoms with Gasteiger partial charge in [0.1, 0.15) is 22.2 Å². The predicted molar refractivity (Wildman–Crippen MR) is 131 cm³/mol. The van der Waals surface area contributed by atoms with E-state index in [-0.39, 0.29) is 29.6 Å². The van der Waals surface area contributed by atoms with E-state index < -0.39 is 21.8 Å². The minimum atomic E-state index is -3.98. The van der Waals surface area contributed by atoms with E-state index in [9.17, 15) is 17.6 Å². The highest BCUT2D eigenvalue weighted by molar-refractivity contribution is 7.89. The number of carbonyl (C=O) groups excluding carboxylic acids is 1. The number of ether oxygens (including phenoxy) is 2. The molecule has 1 amide bonds. The molecule has 0 atom stereocenters. The second kappa shape index (κ2) is 10.6. The third-order valence-corrected chi connectivity index (χ3v) is 7.89. The van der Waals surface area contributed by atoms with E-state index in [2.05, 4.69) is 5.32 Å².